The summed E-state index contributed by atoms with van der Waals surface area (Å²) in [6, 6.07) is 0. The minimum absolute atomic E-state index is 0.222. The molecule has 0 unspecified atom stereocenters. The molecule has 0 saturated heterocycles. The summed E-state index contributed by atoms with van der Waals surface area (Å²) in [6.45, 7) is 3.13. The van der Waals surface area contributed by atoms with E-state index in [1.165, 1.54) is 6.20 Å². The van der Waals surface area contributed by atoms with E-state index >= 15 is 0 Å². The highest BCUT2D eigenvalue weighted by molar-refractivity contribution is 5.88. The summed E-state index contributed by atoms with van der Waals surface area (Å²) in [4.78, 5) is 21.6. The first kappa shape index (κ1) is 16.1. The monoisotopic (exact) mass is 286 g/mol. The zero-order chi connectivity index (χ0) is 14.8. The van der Waals surface area contributed by atoms with Crippen molar-refractivity contribution in [3.8, 4) is 0 Å². The molecule has 1 heterocycles. The molecule has 0 spiro atoms. The molecule has 20 heavy (non-hydrogen) atoms. The van der Waals surface area contributed by atoms with Crippen LogP contribution in [0.1, 0.15) is 17.3 Å². The van der Waals surface area contributed by atoms with Gasteiger partial charge in [0.2, 0.25) is 0 Å². The predicted molar refractivity (Wildman–Crippen MR) is 67.5 cm³/mol. The molecule has 0 bridgehead atoms. The second-order valence-electron chi connectivity index (χ2n) is 3.77. The fourth-order valence-electron chi connectivity index (χ4n) is 1.34. The normalized spacial score (nSPS) is 10.4. The molecule has 8 heteroatoms. The third kappa shape index (κ3) is 6.30. The Morgan fingerprint density at radius 3 is 2.75 bits per heavy atom. The molecule has 112 valence electrons. The van der Waals surface area contributed by atoms with Crippen molar-refractivity contribution in [2.75, 3.05) is 33.0 Å². The number of aliphatic carboxylic acids is 1. The van der Waals surface area contributed by atoms with Gasteiger partial charge in [0.05, 0.1) is 44.7 Å². The van der Waals surface area contributed by atoms with Gasteiger partial charge in [-0.1, -0.05) is 0 Å². The lowest BCUT2D eigenvalue weighted by atomic mass is 10.4. The van der Waals surface area contributed by atoms with Crippen molar-refractivity contribution in [2.24, 2.45) is 0 Å². The van der Waals surface area contributed by atoms with E-state index in [4.69, 9.17) is 19.3 Å². The highest BCUT2D eigenvalue weighted by atomic mass is 16.5. The average Bonchev–Trinajstić information content (AvgIpc) is 2.86. The van der Waals surface area contributed by atoms with E-state index in [0.29, 0.717) is 31.9 Å². The third-order valence-electron chi connectivity index (χ3n) is 2.21. The lowest BCUT2D eigenvalue weighted by molar-refractivity contribution is -0.142. The largest absolute Gasteiger partial charge is 0.480 e. The minimum Gasteiger partial charge on any atom is -0.480 e. The number of carbonyl (C=O) groups excluding carboxylic acids is 1. The maximum atomic E-state index is 11.4. The number of nitrogens with zero attached hydrogens (tertiary/aromatic N) is 2. The summed E-state index contributed by atoms with van der Waals surface area (Å²) < 4.78 is 16.5. The summed E-state index contributed by atoms with van der Waals surface area (Å²) in [5.74, 6) is -1.41. The smallest absolute Gasteiger partial charge is 0.341 e. The molecule has 1 N–H and O–H groups in total. The number of hydrogen-bond acceptors (Lipinski definition) is 6. The summed E-state index contributed by atoms with van der Waals surface area (Å²) in [7, 11) is 0. The van der Waals surface area contributed by atoms with Crippen LogP contribution in [0.2, 0.25) is 0 Å². The zero-order valence-corrected chi connectivity index (χ0v) is 11.3. The quantitative estimate of drug-likeness (QED) is 0.483. The minimum atomic E-state index is -1.01. The van der Waals surface area contributed by atoms with Crippen LogP contribution in [-0.2, 0) is 25.5 Å². The topological polar surface area (TPSA) is 99.9 Å². The van der Waals surface area contributed by atoms with Crippen LogP contribution < -0.4 is 0 Å². The number of carbonyl (C=O) groups is 2. The molecular formula is C12H18N2O6. The van der Waals surface area contributed by atoms with Gasteiger partial charge in [-0.25, -0.2) is 9.59 Å². The van der Waals surface area contributed by atoms with Crippen molar-refractivity contribution >= 4 is 11.9 Å². The first-order valence-electron chi connectivity index (χ1n) is 6.20. The highest BCUT2D eigenvalue weighted by Crippen LogP contribution is 2.00. The summed E-state index contributed by atoms with van der Waals surface area (Å²) in [6.07, 6.45) is 3.02. The summed E-state index contributed by atoms with van der Waals surface area (Å²) in [5, 5.41) is 12.3. The maximum Gasteiger partial charge on any atom is 0.341 e. The maximum absolute atomic E-state index is 11.4. The fraction of sp³-hybridized carbons (Fsp3) is 0.583. The first-order chi connectivity index (χ1) is 9.63. The highest BCUT2D eigenvalue weighted by Gasteiger charge is 2.08. The average molecular weight is 286 g/mol. The number of ether oxygens (including phenoxy) is 3. The van der Waals surface area contributed by atoms with Crippen LogP contribution in [0.4, 0.5) is 0 Å². The van der Waals surface area contributed by atoms with E-state index in [0.717, 1.165) is 0 Å². The van der Waals surface area contributed by atoms with E-state index in [9.17, 15) is 9.59 Å². The van der Waals surface area contributed by atoms with Gasteiger partial charge in [0.1, 0.15) is 6.61 Å². The summed E-state index contributed by atoms with van der Waals surface area (Å²) >= 11 is 0. The molecule has 8 nitrogen and oxygen atoms in total. The van der Waals surface area contributed by atoms with E-state index in [1.807, 2.05) is 0 Å². The van der Waals surface area contributed by atoms with Crippen molar-refractivity contribution in [1.29, 1.82) is 0 Å². The van der Waals surface area contributed by atoms with Crippen LogP contribution in [0, 0.1) is 0 Å². The van der Waals surface area contributed by atoms with E-state index < -0.39 is 11.9 Å². The Hall–Kier alpha value is -1.93. The molecule has 1 rings (SSSR count). The number of carboxylic acid groups (broad SMARTS) is 1. The number of carboxylic acids is 1. The Labute approximate surface area is 116 Å². The third-order valence-corrected chi connectivity index (χ3v) is 2.21. The Bertz CT molecular complexity index is 431. The number of hydrogen-bond donors (Lipinski definition) is 1. The van der Waals surface area contributed by atoms with Crippen LogP contribution in [0.5, 0.6) is 0 Å². The van der Waals surface area contributed by atoms with Crippen LogP contribution in [0.25, 0.3) is 0 Å². The van der Waals surface area contributed by atoms with Crippen molar-refractivity contribution in [2.45, 2.75) is 13.5 Å². The lowest BCUT2D eigenvalue weighted by Gasteiger charge is -2.04. The molecule has 0 amide bonds. The van der Waals surface area contributed by atoms with Gasteiger partial charge in [-0.05, 0) is 6.92 Å². The van der Waals surface area contributed by atoms with Crippen LogP contribution in [0.15, 0.2) is 12.4 Å². The molecule has 0 aliphatic carbocycles. The predicted octanol–water partition coefficient (Wildman–Crippen LogP) is 0.178. The molecule has 0 aromatic carbocycles. The second-order valence-corrected chi connectivity index (χ2v) is 3.77. The Morgan fingerprint density at radius 2 is 2.05 bits per heavy atom. The van der Waals surface area contributed by atoms with Crippen LogP contribution in [-0.4, -0.2) is 59.9 Å². The van der Waals surface area contributed by atoms with Crippen LogP contribution >= 0.6 is 0 Å². The number of esters is 1. The SMILES string of the molecule is CCOC(=O)c1cnn(CCOCCOCC(=O)O)c1. The van der Waals surface area contributed by atoms with E-state index in [-0.39, 0.29) is 13.2 Å². The first-order valence-corrected chi connectivity index (χ1v) is 6.20. The van der Waals surface area contributed by atoms with Gasteiger partial charge in [0, 0.05) is 6.20 Å². The number of rotatable bonds is 10. The van der Waals surface area contributed by atoms with Gasteiger partial charge >= 0.3 is 11.9 Å². The molecule has 0 aliphatic heterocycles. The second kappa shape index (κ2) is 9.05. The molecule has 0 atom stereocenters. The molecule has 0 saturated carbocycles. The molecular weight excluding hydrogens is 268 g/mol. The van der Waals surface area contributed by atoms with Gasteiger partial charge in [-0.2, -0.15) is 5.10 Å². The standard InChI is InChI=1S/C12H18N2O6/c1-2-20-12(17)10-7-13-14(8-10)3-4-18-5-6-19-9-11(15)16/h7-8H,2-6,9H2,1H3,(H,15,16). The van der Waals surface area contributed by atoms with Crippen molar-refractivity contribution in [1.82, 2.24) is 9.78 Å². The van der Waals surface area contributed by atoms with Gasteiger partial charge in [0.15, 0.2) is 0 Å². The molecule has 1 aromatic rings. The van der Waals surface area contributed by atoms with Gasteiger partial charge in [0.25, 0.3) is 0 Å². The van der Waals surface area contributed by atoms with Crippen molar-refractivity contribution in [3.63, 3.8) is 0 Å². The zero-order valence-electron chi connectivity index (χ0n) is 11.3. The molecule has 0 radical (unpaired) electrons. The Morgan fingerprint density at radius 1 is 1.30 bits per heavy atom. The van der Waals surface area contributed by atoms with Gasteiger partial charge in [-0.3, -0.25) is 4.68 Å². The van der Waals surface area contributed by atoms with E-state index in [1.54, 1.807) is 17.8 Å². The van der Waals surface area contributed by atoms with Gasteiger partial charge in [-0.15, -0.1) is 0 Å². The van der Waals surface area contributed by atoms with Crippen LogP contribution in [0.3, 0.4) is 0 Å². The molecule has 1 aromatic heterocycles. The van der Waals surface area contributed by atoms with Crippen molar-refractivity contribution in [3.05, 3.63) is 18.0 Å². The van der Waals surface area contributed by atoms with Gasteiger partial charge < -0.3 is 19.3 Å². The molecule has 0 aliphatic rings. The fourth-order valence-corrected chi connectivity index (χ4v) is 1.34. The van der Waals surface area contributed by atoms with Crippen molar-refractivity contribution < 1.29 is 28.9 Å². The number of aromatic nitrogens is 2. The Balaban J connectivity index is 2.13. The van der Waals surface area contributed by atoms with E-state index in [2.05, 4.69) is 5.10 Å². The Kier molecular flexibility index (Phi) is 7.30. The molecule has 0 fully saturated rings. The summed E-state index contributed by atoms with van der Waals surface area (Å²) in [5.41, 5.74) is 0.400. The lowest BCUT2D eigenvalue weighted by Crippen LogP contribution is -2.13.